The van der Waals surface area contributed by atoms with Crippen molar-refractivity contribution in [3.8, 4) is 0 Å². The first-order valence-corrected chi connectivity index (χ1v) is 7.84. The minimum atomic E-state index is -0.349. The molecule has 2 unspecified atom stereocenters. The van der Waals surface area contributed by atoms with Gasteiger partial charge in [0, 0.05) is 24.7 Å². The maximum Gasteiger partial charge on any atom is 0.155 e. The van der Waals surface area contributed by atoms with Gasteiger partial charge in [-0.2, -0.15) is 0 Å². The second kappa shape index (κ2) is 5.82. The first-order chi connectivity index (χ1) is 10.9. The fraction of sp³-hybridized carbons (Fsp3) is 0.333. The molecule has 2 aromatic carbocycles. The molecule has 4 nitrogen and oxygen atoms in total. The Kier molecular flexibility index (Phi) is 3.68. The van der Waals surface area contributed by atoms with Crippen molar-refractivity contribution in [3.63, 3.8) is 0 Å². The Hall–Kier alpha value is -1.72. The Morgan fingerprint density at radius 2 is 1.73 bits per heavy atom. The van der Waals surface area contributed by atoms with Crippen molar-refractivity contribution >= 4 is 0 Å². The lowest BCUT2D eigenvalue weighted by atomic mass is 10.1. The summed E-state index contributed by atoms with van der Waals surface area (Å²) in [7, 11) is 0. The van der Waals surface area contributed by atoms with Gasteiger partial charge in [0.1, 0.15) is 6.73 Å². The maximum atomic E-state index is 5.60. The molecule has 2 aliphatic heterocycles. The van der Waals surface area contributed by atoms with E-state index in [1.54, 1.807) is 0 Å². The van der Waals surface area contributed by atoms with E-state index in [1.807, 2.05) is 0 Å². The zero-order valence-electron chi connectivity index (χ0n) is 12.5. The van der Waals surface area contributed by atoms with E-state index in [9.17, 15) is 0 Å². The lowest BCUT2D eigenvalue weighted by Gasteiger charge is -2.38. The first kappa shape index (κ1) is 13.9. The van der Waals surface area contributed by atoms with Crippen LogP contribution in [0.3, 0.4) is 0 Å². The van der Waals surface area contributed by atoms with Gasteiger partial charge in [-0.15, -0.1) is 0 Å². The van der Waals surface area contributed by atoms with E-state index in [0.717, 1.165) is 19.7 Å². The summed E-state index contributed by atoms with van der Waals surface area (Å²) in [6, 6.07) is 21.5. The van der Waals surface area contributed by atoms with Crippen LogP contribution in [0.1, 0.15) is 17.2 Å². The van der Waals surface area contributed by atoms with Gasteiger partial charge in [-0.05, 0) is 5.56 Å². The summed E-state index contributed by atoms with van der Waals surface area (Å²) in [6.07, 6.45) is 0. The zero-order valence-corrected chi connectivity index (χ0v) is 12.5. The number of ether oxygens (including phenoxy) is 1. The Morgan fingerprint density at radius 1 is 1.00 bits per heavy atom. The van der Waals surface area contributed by atoms with Gasteiger partial charge >= 0.3 is 0 Å². The minimum Gasteiger partial charge on any atom is -0.365 e. The van der Waals surface area contributed by atoms with Gasteiger partial charge in [-0.3, -0.25) is 10.6 Å². The fourth-order valence-corrected chi connectivity index (χ4v) is 3.42. The quantitative estimate of drug-likeness (QED) is 0.908. The Labute approximate surface area is 131 Å². The molecule has 2 fully saturated rings. The summed E-state index contributed by atoms with van der Waals surface area (Å²) >= 11 is 0. The van der Waals surface area contributed by atoms with Crippen LogP contribution in [0.2, 0.25) is 0 Å². The molecule has 0 aliphatic carbocycles. The van der Waals surface area contributed by atoms with Crippen molar-refractivity contribution in [2.45, 2.75) is 11.8 Å². The average molecular weight is 295 g/mol. The molecule has 0 amide bonds. The summed E-state index contributed by atoms with van der Waals surface area (Å²) in [5.74, 6) is -0.349. The topological polar surface area (TPSA) is 36.5 Å². The smallest absolute Gasteiger partial charge is 0.155 e. The molecule has 0 saturated carbocycles. The van der Waals surface area contributed by atoms with E-state index in [1.165, 1.54) is 11.1 Å². The van der Waals surface area contributed by atoms with Crippen LogP contribution >= 0.6 is 0 Å². The third-order valence-corrected chi connectivity index (χ3v) is 4.57. The highest BCUT2D eigenvalue weighted by molar-refractivity contribution is 5.28. The van der Waals surface area contributed by atoms with Crippen molar-refractivity contribution in [2.24, 2.45) is 0 Å². The monoisotopic (exact) mass is 295 g/mol. The molecule has 0 radical (unpaired) electrons. The number of rotatable bonds is 3. The van der Waals surface area contributed by atoms with Crippen LogP contribution in [-0.2, 0) is 10.5 Å². The highest BCUT2D eigenvalue weighted by atomic mass is 16.5. The largest absolute Gasteiger partial charge is 0.365 e. The lowest BCUT2D eigenvalue weighted by molar-refractivity contribution is 0.0221. The fourth-order valence-electron chi connectivity index (χ4n) is 3.42. The van der Waals surface area contributed by atoms with Crippen molar-refractivity contribution in [1.82, 2.24) is 15.5 Å². The number of nitrogens with one attached hydrogen (secondary N) is 2. The van der Waals surface area contributed by atoms with Crippen LogP contribution in [0.15, 0.2) is 60.7 Å². The van der Waals surface area contributed by atoms with Crippen LogP contribution in [0.4, 0.5) is 0 Å². The SMILES string of the molecule is c1ccc(C2CNC(c3ccccc3)(N3CCOC3)N2)cc1. The number of benzene rings is 2. The molecule has 0 spiro atoms. The number of nitrogens with zero attached hydrogens (tertiary/aromatic N) is 1. The summed E-state index contributed by atoms with van der Waals surface area (Å²) < 4.78 is 5.60. The molecule has 2 aromatic rings. The standard InChI is InChI=1S/C18H21N3O/c1-3-7-15(8-4-1)17-13-19-18(20-17,21-11-12-22-14-21)16-9-5-2-6-10-16/h1-10,17,19-20H,11-14H2. The van der Waals surface area contributed by atoms with Crippen LogP contribution in [0.25, 0.3) is 0 Å². The van der Waals surface area contributed by atoms with Crippen molar-refractivity contribution in [2.75, 3.05) is 26.4 Å². The summed E-state index contributed by atoms with van der Waals surface area (Å²) in [4.78, 5) is 2.34. The van der Waals surface area contributed by atoms with E-state index < -0.39 is 0 Å². The minimum absolute atomic E-state index is 0.294. The molecule has 2 heterocycles. The van der Waals surface area contributed by atoms with Crippen molar-refractivity contribution < 1.29 is 4.74 Å². The molecule has 2 saturated heterocycles. The lowest BCUT2D eigenvalue weighted by Crippen LogP contribution is -2.59. The molecular weight excluding hydrogens is 274 g/mol. The Bertz CT molecular complexity index is 613. The molecule has 2 N–H and O–H groups in total. The zero-order chi connectivity index (χ0) is 14.8. The molecule has 114 valence electrons. The first-order valence-electron chi connectivity index (χ1n) is 7.84. The Balaban J connectivity index is 1.68. The van der Waals surface area contributed by atoms with Gasteiger partial charge in [0.05, 0.1) is 6.61 Å². The second-order valence-corrected chi connectivity index (χ2v) is 5.87. The van der Waals surface area contributed by atoms with Gasteiger partial charge < -0.3 is 4.74 Å². The van der Waals surface area contributed by atoms with Crippen LogP contribution in [0.5, 0.6) is 0 Å². The van der Waals surface area contributed by atoms with E-state index in [-0.39, 0.29) is 5.79 Å². The van der Waals surface area contributed by atoms with E-state index in [0.29, 0.717) is 12.8 Å². The predicted molar refractivity (Wildman–Crippen MR) is 86.0 cm³/mol. The molecule has 4 rings (SSSR count). The van der Waals surface area contributed by atoms with Gasteiger partial charge in [-0.1, -0.05) is 60.7 Å². The van der Waals surface area contributed by atoms with Gasteiger partial charge in [0.15, 0.2) is 5.79 Å². The molecule has 4 heteroatoms. The third-order valence-electron chi connectivity index (χ3n) is 4.57. The second-order valence-electron chi connectivity index (χ2n) is 5.87. The van der Waals surface area contributed by atoms with Crippen LogP contribution in [0, 0.1) is 0 Å². The van der Waals surface area contributed by atoms with Gasteiger partial charge in [0.25, 0.3) is 0 Å². The summed E-state index contributed by atoms with van der Waals surface area (Å²) in [5, 5.41) is 7.53. The normalized spacial score (nSPS) is 29.0. The average Bonchev–Trinajstić information content (AvgIpc) is 3.27. The van der Waals surface area contributed by atoms with Crippen molar-refractivity contribution in [3.05, 3.63) is 71.8 Å². The van der Waals surface area contributed by atoms with E-state index in [2.05, 4.69) is 76.2 Å². The van der Waals surface area contributed by atoms with Crippen molar-refractivity contribution in [1.29, 1.82) is 0 Å². The molecular formula is C18H21N3O. The molecule has 0 bridgehead atoms. The van der Waals surface area contributed by atoms with Gasteiger partial charge in [0.2, 0.25) is 0 Å². The number of hydrogen-bond donors (Lipinski definition) is 2. The Morgan fingerprint density at radius 3 is 2.41 bits per heavy atom. The summed E-state index contributed by atoms with van der Waals surface area (Å²) in [5.41, 5.74) is 2.55. The van der Waals surface area contributed by atoms with Gasteiger partial charge in [-0.25, -0.2) is 4.90 Å². The highest BCUT2D eigenvalue weighted by Gasteiger charge is 2.46. The predicted octanol–water partition coefficient (Wildman–Crippen LogP) is 2.02. The third kappa shape index (κ3) is 2.34. The molecule has 2 atom stereocenters. The summed E-state index contributed by atoms with van der Waals surface area (Å²) in [6.45, 7) is 3.26. The molecule has 0 aromatic heterocycles. The molecule has 22 heavy (non-hydrogen) atoms. The highest BCUT2D eigenvalue weighted by Crippen LogP contribution is 2.33. The maximum absolute atomic E-state index is 5.60. The number of hydrogen-bond acceptors (Lipinski definition) is 4. The molecule has 2 aliphatic rings. The van der Waals surface area contributed by atoms with Crippen LogP contribution in [-0.4, -0.2) is 31.3 Å². The van der Waals surface area contributed by atoms with E-state index in [4.69, 9.17) is 4.74 Å². The van der Waals surface area contributed by atoms with Crippen LogP contribution < -0.4 is 10.6 Å². The van der Waals surface area contributed by atoms with E-state index >= 15 is 0 Å².